The smallest absolute Gasteiger partial charge is 0.169 e. The zero-order valence-corrected chi connectivity index (χ0v) is 15.3. The first-order valence-electron chi connectivity index (χ1n) is 7.06. The van der Waals surface area contributed by atoms with Crippen molar-refractivity contribution in [3.63, 3.8) is 0 Å². The number of nitrogens with one attached hydrogen (secondary N) is 1. The number of benzene rings is 1. The van der Waals surface area contributed by atoms with Crippen molar-refractivity contribution in [2.24, 2.45) is 0 Å². The molecule has 2 aromatic rings. The molecular weight excluding hydrogens is 398 g/mol. The Morgan fingerprint density at radius 1 is 1.19 bits per heavy atom. The third kappa shape index (κ3) is 4.34. The summed E-state index contributed by atoms with van der Waals surface area (Å²) in [5.74, 6) is 1.75. The molecule has 1 aromatic carbocycles. The highest BCUT2D eigenvalue weighted by Crippen LogP contribution is 2.33. The van der Waals surface area contributed by atoms with E-state index in [0.717, 1.165) is 39.2 Å². The molecule has 0 aliphatic rings. The lowest BCUT2D eigenvalue weighted by Crippen LogP contribution is -2.23. The first kappa shape index (κ1) is 16.6. The number of hydrogen-bond acceptors (Lipinski definition) is 3. The van der Waals surface area contributed by atoms with E-state index >= 15 is 0 Å². The van der Waals surface area contributed by atoms with Gasteiger partial charge in [0, 0.05) is 4.47 Å². The highest BCUT2D eigenvalue weighted by atomic mass is 79.9. The van der Waals surface area contributed by atoms with Crippen LogP contribution in [0.3, 0.4) is 0 Å². The van der Waals surface area contributed by atoms with E-state index in [1.807, 2.05) is 31.2 Å². The van der Waals surface area contributed by atoms with E-state index < -0.39 is 0 Å². The van der Waals surface area contributed by atoms with Crippen molar-refractivity contribution >= 4 is 31.9 Å². The van der Waals surface area contributed by atoms with E-state index in [4.69, 9.17) is 9.15 Å². The van der Waals surface area contributed by atoms with Gasteiger partial charge in [0.2, 0.25) is 0 Å². The van der Waals surface area contributed by atoms with Crippen LogP contribution in [0, 0.1) is 0 Å². The Bertz CT molecular complexity index is 583. The van der Waals surface area contributed by atoms with Gasteiger partial charge in [-0.3, -0.25) is 0 Å². The Morgan fingerprint density at radius 2 is 2.00 bits per heavy atom. The molecule has 1 N–H and O–H groups in total. The average molecular weight is 417 g/mol. The highest BCUT2D eigenvalue weighted by molar-refractivity contribution is 9.10. The fourth-order valence-corrected chi connectivity index (χ4v) is 3.04. The molecule has 114 valence electrons. The van der Waals surface area contributed by atoms with Gasteiger partial charge in [-0.1, -0.05) is 28.9 Å². The monoisotopic (exact) mass is 415 g/mol. The lowest BCUT2D eigenvalue weighted by Gasteiger charge is -2.19. The third-order valence-electron chi connectivity index (χ3n) is 3.07. The molecule has 5 heteroatoms. The van der Waals surface area contributed by atoms with E-state index in [1.165, 1.54) is 0 Å². The number of rotatable bonds is 7. The van der Waals surface area contributed by atoms with E-state index in [1.54, 1.807) is 0 Å². The van der Waals surface area contributed by atoms with Gasteiger partial charge in [-0.05, 0) is 65.6 Å². The fraction of sp³-hybridized carbons (Fsp3) is 0.375. The van der Waals surface area contributed by atoms with Gasteiger partial charge in [0.15, 0.2) is 4.67 Å². The van der Waals surface area contributed by atoms with Crippen molar-refractivity contribution in [2.75, 3.05) is 13.2 Å². The summed E-state index contributed by atoms with van der Waals surface area (Å²) < 4.78 is 13.0. The molecular formula is C16H19Br2NO2. The lowest BCUT2D eigenvalue weighted by molar-refractivity contribution is 0.339. The van der Waals surface area contributed by atoms with E-state index in [0.29, 0.717) is 6.61 Å². The van der Waals surface area contributed by atoms with Gasteiger partial charge in [-0.15, -0.1) is 0 Å². The molecule has 1 heterocycles. The quantitative estimate of drug-likeness (QED) is 0.665. The van der Waals surface area contributed by atoms with Crippen LogP contribution in [0.5, 0.6) is 5.75 Å². The zero-order chi connectivity index (χ0) is 15.2. The van der Waals surface area contributed by atoms with Crippen LogP contribution in [0.2, 0.25) is 0 Å². The molecule has 1 unspecified atom stereocenters. The normalized spacial score (nSPS) is 12.4. The summed E-state index contributed by atoms with van der Waals surface area (Å²) in [5, 5.41) is 3.52. The molecule has 0 saturated heterocycles. The Morgan fingerprint density at radius 3 is 2.57 bits per heavy atom. The Hall–Kier alpha value is -0.780. The predicted molar refractivity (Wildman–Crippen MR) is 91.9 cm³/mol. The van der Waals surface area contributed by atoms with Crippen molar-refractivity contribution < 1.29 is 9.15 Å². The maximum Gasteiger partial charge on any atom is 0.169 e. The Balaban J connectivity index is 2.32. The second-order valence-electron chi connectivity index (χ2n) is 4.65. The van der Waals surface area contributed by atoms with Gasteiger partial charge in [-0.2, -0.15) is 0 Å². The second kappa shape index (κ2) is 8.01. The number of hydrogen-bond donors (Lipinski definition) is 1. The van der Waals surface area contributed by atoms with Gasteiger partial charge in [0.25, 0.3) is 0 Å². The highest BCUT2D eigenvalue weighted by Gasteiger charge is 2.20. The molecule has 1 atom stereocenters. The van der Waals surface area contributed by atoms with Gasteiger partial charge in [-0.25, -0.2) is 0 Å². The topological polar surface area (TPSA) is 34.4 Å². The van der Waals surface area contributed by atoms with Gasteiger partial charge < -0.3 is 14.5 Å². The minimum atomic E-state index is 0.0151. The van der Waals surface area contributed by atoms with E-state index in [-0.39, 0.29) is 6.04 Å². The number of furan rings is 1. The zero-order valence-electron chi connectivity index (χ0n) is 12.2. The average Bonchev–Trinajstić information content (AvgIpc) is 2.88. The van der Waals surface area contributed by atoms with E-state index in [2.05, 4.69) is 50.2 Å². The van der Waals surface area contributed by atoms with Crippen LogP contribution in [0.25, 0.3) is 0 Å². The van der Waals surface area contributed by atoms with Crippen molar-refractivity contribution in [3.05, 3.63) is 50.8 Å². The van der Waals surface area contributed by atoms with Crippen LogP contribution in [0.1, 0.15) is 37.6 Å². The summed E-state index contributed by atoms with van der Waals surface area (Å²) in [6.07, 6.45) is 1.06. The van der Waals surface area contributed by atoms with Crippen LogP contribution >= 0.6 is 31.9 Å². The molecule has 0 fully saturated rings. The molecule has 0 spiro atoms. The van der Waals surface area contributed by atoms with Gasteiger partial charge in [0.05, 0.1) is 12.6 Å². The summed E-state index contributed by atoms with van der Waals surface area (Å²) in [4.78, 5) is 0. The minimum absolute atomic E-state index is 0.0151. The van der Waals surface area contributed by atoms with Crippen molar-refractivity contribution in [3.8, 4) is 5.75 Å². The summed E-state index contributed by atoms with van der Waals surface area (Å²) in [7, 11) is 0. The predicted octanol–water partition coefficient (Wildman–Crippen LogP) is 5.29. The number of ether oxygens (including phenoxy) is 1. The molecule has 1 aromatic heterocycles. The van der Waals surface area contributed by atoms with Crippen molar-refractivity contribution in [1.82, 2.24) is 5.32 Å². The first-order chi connectivity index (χ1) is 10.2. The van der Waals surface area contributed by atoms with Crippen LogP contribution in [0.15, 0.2) is 43.9 Å². The van der Waals surface area contributed by atoms with Gasteiger partial charge in [0.1, 0.15) is 11.5 Å². The molecule has 2 rings (SSSR count). The summed E-state index contributed by atoms with van der Waals surface area (Å²) in [5.41, 5.74) is 1.13. The third-order valence-corrected chi connectivity index (χ3v) is 4.18. The Labute approximate surface area is 142 Å². The van der Waals surface area contributed by atoms with Gasteiger partial charge >= 0.3 is 0 Å². The second-order valence-corrected chi connectivity index (χ2v) is 6.28. The fourth-order valence-electron chi connectivity index (χ4n) is 2.13. The molecule has 0 saturated carbocycles. The molecule has 0 aliphatic carbocycles. The summed E-state index contributed by atoms with van der Waals surface area (Å²) >= 11 is 7.01. The van der Waals surface area contributed by atoms with Crippen LogP contribution in [-0.2, 0) is 0 Å². The molecule has 0 amide bonds. The molecule has 0 radical (unpaired) electrons. The lowest BCUT2D eigenvalue weighted by atomic mass is 10.0. The number of halogens is 2. The maximum absolute atomic E-state index is 5.73. The van der Waals surface area contributed by atoms with Crippen LogP contribution < -0.4 is 10.1 Å². The van der Waals surface area contributed by atoms with Crippen molar-refractivity contribution in [1.29, 1.82) is 0 Å². The molecule has 3 nitrogen and oxygen atoms in total. The van der Waals surface area contributed by atoms with Crippen LogP contribution in [0.4, 0.5) is 0 Å². The van der Waals surface area contributed by atoms with Crippen molar-refractivity contribution in [2.45, 2.75) is 26.3 Å². The SMILES string of the molecule is CCCNC(c1ccc(Br)o1)c1ccc(OCC)cc1Br. The Kier molecular flexibility index (Phi) is 6.33. The summed E-state index contributed by atoms with van der Waals surface area (Å²) in [6, 6.07) is 9.97. The largest absolute Gasteiger partial charge is 0.494 e. The maximum atomic E-state index is 5.73. The summed E-state index contributed by atoms with van der Waals surface area (Å²) in [6.45, 7) is 5.71. The molecule has 0 aliphatic heterocycles. The first-order valence-corrected chi connectivity index (χ1v) is 8.65. The van der Waals surface area contributed by atoms with Crippen LogP contribution in [-0.4, -0.2) is 13.2 Å². The van der Waals surface area contributed by atoms with E-state index in [9.17, 15) is 0 Å². The standard InChI is InChI=1S/C16H19Br2NO2/c1-3-9-19-16(14-7-8-15(18)21-14)12-6-5-11(20-4-2)10-13(12)17/h5-8,10,16,19H,3-4,9H2,1-2H3. The molecule has 0 bridgehead atoms. The molecule has 21 heavy (non-hydrogen) atoms. The minimum Gasteiger partial charge on any atom is -0.494 e.